The van der Waals surface area contributed by atoms with Gasteiger partial charge in [-0.3, -0.25) is 0 Å². The molecule has 0 aliphatic heterocycles. The molecule has 4 heteroatoms. The first-order valence-electron chi connectivity index (χ1n) is 7.80. The Kier molecular flexibility index (Phi) is 3.60. The van der Waals surface area contributed by atoms with Gasteiger partial charge >= 0.3 is 0 Å². The van der Waals surface area contributed by atoms with Gasteiger partial charge in [-0.25, -0.2) is 15.0 Å². The molecule has 0 amide bonds. The second-order valence-electron chi connectivity index (χ2n) is 5.60. The fraction of sp³-hybridized carbons (Fsp3) is 0. The molecule has 0 aliphatic carbocycles. The second kappa shape index (κ2) is 6.06. The molecule has 0 atom stereocenters. The van der Waals surface area contributed by atoms with Crippen LogP contribution in [0.2, 0.25) is 0 Å². The molecule has 2 N–H and O–H groups in total. The van der Waals surface area contributed by atoms with Crippen molar-refractivity contribution in [2.45, 2.75) is 0 Å². The monoisotopic (exact) mass is 322 g/mol. The molecular formula is C21H14N4. The molecular weight excluding hydrogens is 308 g/mol. The van der Waals surface area contributed by atoms with Crippen LogP contribution in [0, 0.1) is 12.3 Å². The summed E-state index contributed by atoms with van der Waals surface area (Å²) < 4.78 is 0. The lowest BCUT2D eigenvalue weighted by Crippen LogP contribution is -1.98. The normalized spacial score (nSPS) is 10.5. The maximum absolute atomic E-state index is 6.06. The first-order valence-corrected chi connectivity index (χ1v) is 7.80. The minimum Gasteiger partial charge on any atom is -0.382 e. The Morgan fingerprint density at radius 2 is 1.64 bits per heavy atom. The average molecular weight is 322 g/mol. The first kappa shape index (κ1) is 14.9. The minimum atomic E-state index is 0.358. The number of hydrogen-bond acceptors (Lipinski definition) is 4. The highest BCUT2D eigenvalue weighted by Gasteiger charge is 2.13. The summed E-state index contributed by atoms with van der Waals surface area (Å²) in [5, 5.41) is 0. The van der Waals surface area contributed by atoms with Crippen molar-refractivity contribution in [2.24, 2.45) is 0 Å². The highest BCUT2D eigenvalue weighted by molar-refractivity contribution is 5.97. The molecule has 0 aliphatic rings. The highest BCUT2D eigenvalue weighted by atomic mass is 14.9. The van der Waals surface area contributed by atoms with Gasteiger partial charge in [-0.2, -0.15) is 0 Å². The lowest BCUT2D eigenvalue weighted by Gasteiger charge is -2.10. The van der Waals surface area contributed by atoms with Gasteiger partial charge in [0.1, 0.15) is 17.4 Å². The van der Waals surface area contributed by atoms with Crippen molar-refractivity contribution >= 4 is 16.9 Å². The Balaban J connectivity index is 2.04. The Morgan fingerprint density at radius 1 is 0.840 bits per heavy atom. The number of hydrogen-bond donors (Lipinski definition) is 1. The number of anilines is 1. The maximum Gasteiger partial charge on any atom is 0.153 e. The number of nitrogens with zero attached hydrogens (tertiary/aromatic N) is 3. The smallest absolute Gasteiger partial charge is 0.153 e. The number of pyridine rings is 1. The van der Waals surface area contributed by atoms with Crippen LogP contribution in [0.1, 0.15) is 5.56 Å². The Labute approximate surface area is 145 Å². The van der Waals surface area contributed by atoms with E-state index >= 15 is 0 Å². The molecule has 118 valence electrons. The third kappa shape index (κ3) is 2.68. The van der Waals surface area contributed by atoms with Crippen LogP contribution in [-0.4, -0.2) is 15.0 Å². The zero-order valence-electron chi connectivity index (χ0n) is 13.3. The zero-order valence-corrected chi connectivity index (χ0v) is 13.3. The largest absolute Gasteiger partial charge is 0.382 e. The Bertz CT molecular complexity index is 1110. The lowest BCUT2D eigenvalue weighted by molar-refractivity contribution is 1.21. The van der Waals surface area contributed by atoms with Crippen molar-refractivity contribution in [1.82, 2.24) is 15.0 Å². The van der Waals surface area contributed by atoms with Crippen LogP contribution in [0.15, 0.2) is 67.0 Å². The van der Waals surface area contributed by atoms with Gasteiger partial charge in [0.2, 0.25) is 0 Å². The molecule has 0 saturated heterocycles. The zero-order chi connectivity index (χ0) is 17.2. The number of aromatic nitrogens is 3. The summed E-state index contributed by atoms with van der Waals surface area (Å²) in [6.07, 6.45) is 6.98. The van der Waals surface area contributed by atoms with Gasteiger partial charge in [0.05, 0.1) is 5.69 Å². The number of nitrogen functional groups attached to an aromatic ring is 1. The van der Waals surface area contributed by atoms with E-state index in [2.05, 4.69) is 20.9 Å². The SMILES string of the molecule is C#Cc1cccc(-c2cc(-c3ccccc3)c3ncnc(N)c3n2)c1. The maximum atomic E-state index is 6.06. The van der Waals surface area contributed by atoms with Crippen LogP contribution in [0.5, 0.6) is 0 Å². The standard InChI is InChI=1S/C21H14N4/c1-2-14-7-6-10-16(11-14)18-12-17(15-8-4-3-5-9-15)19-20(25-18)21(22)24-13-23-19/h1,3-13H,(H2,22,23,24). The number of benzene rings is 2. The van der Waals surface area contributed by atoms with Crippen molar-refractivity contribution in [3.63, 3.8) is 0 Å². The summed E-state index contributed by atoms with van der Waals surface area (Å²) in [5.41, 5.74) is 11.9. The number of nitrogens with two attached hydrogens (primary N) is 1. The van der Waals surface area contributed by atoms with Gasteiger partial charge in [-0.05, 0) is 23.8 Å². The molecule has 25 heavy (non-hydrogen) atoms. The van der Waals surface area contributed by atoms with Crippen LogP contribution in [0.25, 0.3) is 33.4 Å². The summed E-state index contributed by atoms with van der Waals surface area (Å²) >= 11 is 0. The summed E-state index contributed by atoms with van der Waals surface area (Å²) in [7, 11) is 0. The van der Waals surface area contributed by atoms with E-state index in [1.54, 1.807) is 0 Å². The van der Waals surface area contributed by atoms with Crippen LogP contribution >= 0.6 is 0 Å². The summed E-state index contributed by atoms with van der Waals surface area (Å²) in [4.78, 5) is 13.2. The Hall–Kier alpha value is -3.71. The fourth-order valence-corrected chi connectivity index (χ4v) is 2.81. The van der Waals surface area contributed by atoms with Crippen LogP contribution in [0.3, 0.4) is 0 Å². The number of terminal acetylenes is 1. The van der Waals surface area contributed by atoms with Crippen molar-refractivity contribution in [3.8, 4) is 34.7 Å². The van der Waals surface area contributed by atoms with E-state index in [-0.39, 0.29) is 0 Å². The number of rotatable bonds is 2. The van der Waals surface area contributed by atoms with Crippen LogP contribution in [0.4, 0.5) is 5.82 Å². The molecule has 2 heterocycles. The van der Waals surface area contributed by atoms with Gasteiger partial charge in [-0.1, -0.05) is 48.4 Å². The number of fused-ring (bicyclic) bond motifs is 1. The summed E-state index contributed by atoms with van der Waals surface area (Å²) in [6, 6.07) is 19.8. The van der Waals surface area contributed by atoms with Gasteiger partial charge in [0.15, 0.2) is 5.82 Å². The Morgan fingerprint density at radius 3 is 2.44 bits per heavy atom. The molecule has 2 aromatic heterocycles. The average Bonchev–Trinajstić information content (AvgIpc) is 2.68. The van der Waals surface area contributed by atoms with E-state index in [0.29, 0.717) is 11.3 Å². The molecule has 0 radical (unpaired) electrons. The first-order chi connectivity index (χ1) is 12.3. The van der Waals surface area contributed by atoms with Crippen LogP contribution in [-0.2, 0) is 0 Å². The predicted octanol–water partition coefficient (Wildman–Crippen LogP) is 3.92. The van der Waals surface area contributed by atoms with Gasteiger partial charge in [0.25, 0.3) is 0 Å². The van der Waals surface area contributed by atoms with Gasteiger partial charge in [0, 0.05) is 16.7 Å². The van der Waals surface area contributed by atoms with Crippen molar-refractivity contribution in [3.05, 3.63) is 72.6 Å². The van der Waals surface area contributed by atoms with Gasteiger partial charge < -0.3 is 5.73 Å². The van der Waals surface area contributed by atoms with E-state index in [1.165, 1.54) is 6.33 Å². The molecule has 2 aromatic carbocycles. The van der Waals surface area contributed by atoms with E-state index in [0.717, 1.165) is 33.5 Å². The molecule has 0 unspecified atom stereocenters. The van der Waals surface area contributed by atoms with Crippen molar-refractivity contribution in [2.75, 3.05) is 5.73 Å². The quantitative estimate of drug-likeness (QED) is 0.568. The van der Waals surface area contributed by atoms with Crippen molar-refractivity contribution < 1.29 is 0 Å². The minimum absolute atomic E-state index is 0.358. The van der Waals surface area contributed by atoms with Crippen LogP contribution < -0.4 is 5.73 Å². The lowest BCUT2D eigenvalue weighted by atomic mass is 10.0. The molecule has 4 aromatic rings. The molecule has 0 saturated carbocycles. The molecule has 4 nitrogen and oxygen atoms in total. The molecule has 0 bridgehead atoms. The second-order valence-corrected chi connectivity index (χ2v) is 5.60. The summed E-state index contributed by atoms with van der Waals surface area (Å²) in [5.74, 6) is 3.01. The van der Waals surface area contributed by atoms with E-state index < -0.39 is 0 Å². The fourth-order valence-electron chi connectivity index (χ4n) is 2.81. The molecule has 0 fully saturated rings. The van der Waals surface area contributed by atoms with Crippen molar-refractivity contribution in [1.29, 1.82) is 0 Å². The van der Waals surface area contributed by atoms with E-state index in [4.69, 9.17) is 12.2 Å². The molecule has 4 rings (SSSR count). The third-order valence-corrected chi connectivity index (χ3v) is 4.03. The topological polar surface area (TPSA) is 64.7 Å². The molecule has 0 spiro atoms. The summed E-state index contributed by atoms with van der Waals surface area (Å²) in [6.45, 7) is 0. The predicted molar refractivity (Wildman–Crippen MR) is 101 cm³/mol. The van der Waals surface area contributed by atoms with Gasteiger partial charge in [-0.15, -0.1) is 6.42 Å². The van der Waals surface area contributed by atoms with E-state index in [1.807, 2.05) is 60.7 Å². The van der Waals surface area contributed by atoms with E-state index in [9.17, 15) is 0 Å². The highest BCUT2D eigenvalue weighted by Crippen LogP contribution is 2.32. The third-order valence-electron chi connectivity index (χ3n) is 4.03.